The molecule has 2 N–H and O–H groups in total. The minimum absolute atomic E-state index is 0.292. The number of benzene rings is 2. The number of para-hydroxylation sites is 1. The molecule has 25 heavy (non-hydrogen) atoms. The Morgan fingerprint density at radius 2 is 1.68 bits per heavy atom. The predicted octanol–water partition coefficient (Wildman–Crippen LogP) is 3.04. The number of hydrogen-bond acceptors (Lipinski definition) is 4. The van der Waals surface area contributed by atoms with Crippen molar-refractivity contribution < 1.29 is 19.7 Å². The van der Waals surface area contributed by atoms with Crippen LogP contribution >= 0.6 is 0 Å². The van der Waals surface area contributed by atoms with Gasteiger partial charge in [0.2, 0.25) is 11.4 Å². The van der Waals surface area contributed by atoms with Crippen LogP contribution in [0.3, 0.4) is 0 Å². The maximum atomic E-state index is 12.9. The molecule has 0 fully saturated rings. The van der Waals surface area contributed by atoms with Crippen LogP contribution in [0.2, 0.25) is 0 Å². The Labute approximate surface area is 144 Å². The number of carbonyl (C=O) groups excluding carboxylic acids is 1. The fourth-order valence-electron chi connectivity index (χ4n) is 4.07. The summed E-state index contributed by atoms with van der Waals surface area (Å²) in [6, 6.07) is 12.0. The van der Waals surface area contributed by atoms with Gasteiger partial charge in [0.15, 0.2) is 0 Å². The quantitative estimate of drug-likeness (QED) is 0.842. The molecule has 4 nitrogen and oxygen atoms in total. The molecule has 4 heteroatoms. The summed E-state index contributed by atoms with van der Waals surface area (Å²) in [6.07, 6.45) is 8.08. The van der Waals surface area contributed by atoms with Gasteiger partial charge in [-0.3, -0.25) is 4.79 Å². The first-order chi connectivity index (χ1) is 12.1. The fraction of sp³-hybridized carbons (Fsp3) is 0.190. The third-order valence-corrected chi connectivity index (χ3v) is 5.32. The molecule has 2 aromatic carbocycles. The number of fused-ring (bicyclic) bond motifs is 5. The van der Waals surface area contributed by atoms with Crippen LogP contribution in [0.1, 0.15) is 39.9 Å². The highest BCUT2D eigenvalue weighted by molar-refractivity contribution is 6.10. The van der Waals surface area contributed by atoms with Crippen molar-refractivity contribution in [3.63, 3.8) is 0 Å². The Hall–Kier alpha value is -2.69. The highest BCUT2D eigenvalue weighted by Crippen LogP contribution is 2.59. The SMILES string of the molecule is O=C1c2ccccc2C2(O)Oc3c(C4=CCCC=C4)cccc3C12O. The van der Waals surface area contributed by atoms with Gasteiger partial charge in [-0.15, -0.1) is 0 Å². The van der Waals surface area contributed by atoms with Crippen molar-refractivity contribution >= 4 is 11.4 Å². The summed E-state index contributed by atoms with van der Waals surface area (Å²) in [6.45, 7) is 0. The van der Waals surface area contributed by atoms with Crippen molar-refractivity contribution in [2.24, 2.45) is 0 Å². The van der Waals surface area contributed by atoms with Gasteiger partial charge in [-0.25, -0.2) is 0 Å². The van der Waals surface area contributed by atoms with E-state index in [-0.39, 0.29) is 0 Å². The lowest BCUT2D eigenvalue weighted by Crippen LogP contribution is -2.48. The standard InChI is InChI=1S/C21H16O4/c22-19-15-9-4-5-11-16(15)21(24)20(19,23)17-12-6-10-14(18(17)25-21)13-7-2-1-3-8-13/h2,4-12,23-24H,1,3H2. The summed E-state index contributed by atoms with van der Waals surface area (Å²) >= 11 is 0. The van der Waals surface area contributed by atoms with E-state index < -0.39 is 17.2 Å². The van der Waals surface area contributed by atoms with Gasteiger partial charge in [-0.1, -0.05) is 60.7 Å². The van der Waals surface area contributed by atoms with E-state index in [0.29, 0.717) is 22.4 Å². The van der Waals surface area contributed by atoms with Crippen LogP contribution in [0.4, 0.5) is 0 Å². The molecule has 0 spiro atoms. The zero-order chi connectivity index (χ0) is 17.2. The van der Waals surface area contributed by atoms with Crippen molar-refractivity contribution in [1.29, 1.82) is 0 Å². The smallest absolute Gasteiger partial charge is 0.276 e. The third-order valence-electron chi connectivity index (χ3n) is 5.32. The summed E-state index contributed by atoms with van der Waals surface area (Å²) in [7, 11) is 0. The molecule has 124 valence electrons. The molecule has 1 heterocycles. The molecule has 0 amide bonds. The number of allylic oxidation sites excluding steroid dienone is 4. The third kappa shape index (κ3) is 1.61. The lowest BCUT2D eigenvalue weighted by molar-refractivity contribution is -0.224. The van der Waals surface area contributed by atoms with Crippen molar-refractivity contribution in [3.8, 4) is 5.75 Å². The highest BCUT2D eigenvalue weighted by Gasteiger charge is 2.70. The number of ketones is 1. The number of rotatable bonds is 1. The van der Waals surface area contributed by atoms with E-state index in [1.807, 2.05) is 12.1 Å². The van der Waals surface area contributed by atoms with Crippen LogP contribution in [0, 0.1) is 0 Å². The molecule has 2 atom stereocenters. The second kappa shape index (κ2) is 4.69. The largest absolute Gasteiger partial charge is 0.453 e. The van der Waals surface area contributed by atoms with Crippen LogP contribution < -0.4 is 4.74 Å². The zero-order valence-electron chi connectivity index (χ0n) is 13.4. The summed E-state index contributed by atoms with van der Waals surface area (Å²) in [5.74, 6) is -2.26. The van der Waals surface area contributed by atoms with E-state index in [1.54, 1.807) is 36.4 Å². The van der Waals surface area contributed by atoms with Crippen LogP contribution in [0.25, 0.3) is 5.57 Å². The zero-order valence-corrected chi connectivity index (χ0v) is 13.4. The Bertz CT molecular complexity index is 987. The fourth-order valence-corrected chi connectivity index (χ4v) is 4.07. The second-order valence-electron chi connectivity index (χ2n) is 6.65. The molecule has 2 aromatic rings. The lowest BCUT2D eigenvalue weighted by Gasteiger charge is -2.28. The summed E-state index contributed by atoms with van der Waals surface area (Å²) in [4.78, 5) is 12.9. The summed E-state index contributed by atoms with van der Waals surface area (Å²) in [5.41, 5.74) is 0.527. The number of carbonyl (C=O) groups is 1. The lowest BCUT2D eigenvalue weighted by atomic mass is 9.85. The minimum atomic E-state index is -2.12. The molecule has 0 bridgehead atoms. The molecule has 0 saturated carbocycles. The average Bonchev–Trinajstić information content (AvgIpc) is 2.99. The monoisotopic (exact) mass is 332 g/mol. The molecule has 1 aliphatic heterocycles. The van der Waals surface area contributed by atoms with Gasteiger partial charge in [0.25, 0.3) is 5.79 Å². The predicted molar refractivity (Wildman–Crippen MR) is 92.0 cm³/mol. The van der Waals surface area contributed by atoms with Gasteiger partial charge in [-0.2, -0.15) is 0 Å². The molecule has 2 unspecified atom stereocenters. The molecular formula is C21H16O4. The van der Waals surface area contributed by atoms with E-state index in [0.717, 1.165) is 24.0 Å². The maximum absolute atomic E-state index is 12.9. The molecule has 3 aliphatic rings. The molecule has 0 aromatic heterocycles. The Balaban J connectivity index is 1.76. The van der Waals surface area contributed by atoms with Crippen LogP contribution in [0.5, 0.6) is 5.75 Å². The van der Waals surface area contributed by atoms with Gasteiger partial charge < -0.3 is 14.9 Å². The molecule has 2 aliphatic carbocycles. The van der Waals surface area contributed by atoms with Crippen molar-refractivity contribution in [3.05, 3.63) is 82.9 Å². The topological polar surface area (TPSA) is 66.8 Å². The molecule has 5 rings (SSSR count). The maximum Gasteiger partial charge on any atom is 0.276 e. The first-order valence-electron chi connectivity index (χ1n) is 8.36. The van der Waals surface area contributed by atoms with Gasteiger partial charge in [0.1, 0.15) is 5.75 Å². The van der Waals surface area contributed by atoms with Gasteiger partial charge in [0, 0.05) is 22.3 Å². The first-order valence-corrected chi connectivity index (χ1v) is 8.36. The minimum Gasteiger partial charge on any atom is -0.453 e. The molecule has 0 saturated heterocycles. The number of hydrogen-bond donors (Lipinski definition) is 2. The van der Waals surface area contributed by atoms with E-state index in [4.69, 9.17) is 4.74 Å². The Morgan fingerprint density at radius 1 is 0.920 bits per heavy atom. The second-order valence-corrected chi connectivity index (χ2v) is 6.65. The van der Waals surface area contributed by atoms with E-state index >= 15 is 0 Å². The number of Topliss-reactive ketones (excluding diaryl/α,β-unsaturated/α-hetero) is 1. The Morgan fingerprint density at radius 3 is 2.48 bits per heavy atom. The number of aliphatic hydroxyl groups is 2. The van der Waals surface area contributed by atoms with Crippen LogP contribution in [0.15, 0.2) is 60.7 Å². The van der Waals surface area contributed by atoms with E-state index in [1.165, 1.54) is 0 Å². The van der Waals surface area contributed by atoms with Crippen molar-refractivity contribution in [2.45, 2.75) is 24.2 Å². The van der Waals surface area contributed by atoms with E-state index in [2.05, 4.69) is 12.2 Å². The van der Waals surface area contributed by atoms with Crippen molar-refractivity contribution in [2.75, 3.05) is 0 Å². The highest BCUT2D eigenvalue weighted by atomic mass is 16.7. The van der Waals surface area contributed by atoms with E-state index in [9.17, 15) is 15.0 Å². The number of ether oxygens (including phenoxy) is 1. The van der Waals surface area contributed by atoms with Crippen molar-refractivity contribution in [1.82, 2.24) is 0 Å². The van der Waals surface area contributed by atoms with Crippen LogP contribution in [-0.2, 0) is 11.4 Å². The normalized spacial score (nSPS) is 28.9. The van der Waals surface area contributed by atoms with Gasteiger partial charge in [-0.05, 0) is 18.4 Å². The first kappa shape index (κ1) is 14.6. The molecular weight excluding hydrogens is 316 g/mol. The van der Waals surface area contributed by atoms with Crippen LogP contribution in [-0.4, -0.2) is 16.0 Å². The summed E-state index contributed by atoms with van der Waals surface area (Å²) < 4.78 is 5.91. The summed E-state index contributed by atoms with van der Waals surface area (Å²) in [5, 5.41) is 22.5. The van der Waals surface area contributed by atoms with Gasteiger partial charge in [0.05, 0.1) is 0 Å². The molecule has 0 radical (unpaired) electrons. The van der Waals surface area contributed by atoms with Gasteiger partial charge >= 0.3 is 0 Å². The average molecular weight is 332 g/mol. The Kier molecular flexibility index (Phi) is 2.74.